The second kappa shape index (κ2) is 6.75. The molecule has 1 amide bonds. The third-order valence-electron chi connectivity index (χ3n) is 3.94. The minimum Gasteiger partial charge on any atom is -0.443 e. The molecule has 3 aromatic rings. The van der Waals surface area contributed by atoms with Gasteiger partial charge in [0.05, 0.1) is 17.4 Å². The number of aromatic nitrogens is 4. The molecule has 0 spiro atoms. The number of anilines is 1. The number of H-pyrrole nitrogens is 1. The SMILES string of the molecule is CCn1cc(-c2cc(N(C)C(=O)OC(C)(C)C)[nH]n2)c2cc(Br)ncc21. The van der Waals surface area contributed by atoms with Gasteiger partial charge in [0.25, 0.3) is 0 Å². The number of hydrogen-bond acceptors (Lipinski definition) is 4. The second-order valence-corrected chi connectivity index (χ2v) is 7.84. The quantitative estimate of drug-likeness (QED) is 0.630. The number of nitrogens with one attached hydrogen (secondary N) is 1. The summed E-state index contributed by atoms with van der Waals surface area (Å²) in [6.45, 7) is 8.42. The highest BCUT2D eigenvalue weighted by atomic mass is 79.9. The fraction of sp³-hybridized carbons (Fsp3) is 0.389. The minimum atomic E-state index is -0.554. The molecule has 3 rings (SSSR count). The number of hydrogen-bond donors (Lipinski definition) is 1. The number of pyridine rings is 1. The highest BCUT2D eigenvalue weighted by Gasteiger charge is 2.22. The largest absolute Gasteiger partial charge is 0.443 e. The average Bonchev–Trinajstić information content (AvgIpc) is 3.16. The molecule has 0 aliphatic carbocycles. The van der Waals surface area contributed by atoms with Crippen molar-refractivity contribution in [3.8, 4) is 11.3 Å². The second-order valence-electron chi connectivity index (χ2n) is 7.03. The van der Waals surface area contributed by atoms with E-state index in [1.807, 2.05) is 45.3 Å². The van der Waals surface area contributed by atoms with Crippen molar-refractivity contribution < 1.29 is 9.53 Å². The summed E-state index contributed by atoms with van der Waals surface area (Å²) in [5, 5.41) is 8.35. The third-order valence-corrected chi connectivity index (χ3v) is 4.38. The first kappa shape index (κ1) is 18.4. The van der Waals surface area contributed by atoms with E-state index in [9.17, 15) is 4.79 Å². The first-order chi connectivity index (χ1) is 12.2. The van der Waals surface area contributed by atoms with Crippen LogP contribution in [0, 0.1) is 0 Å². The van der Waals surface area contributed by atoms with Gasteiger partial charge in [-0.05, 0) is 49.7 Å². The van der Waals surface area contributed by atoms with Crippen molar-refractivity contribution in [2.24, 2.45) is 0 Å². The van der Waals surface area contributed by atoms with Gasteiger partial charge in [-0.25, -0.2) is 9.78 Å². The van der Waals surface area contributed by atoms with Crippen LogP contribution in [-0.4, -0.2) is 38.5 Å². The predicted molar refractivity (Wildman–Crippen MR) is 105 cm³/mol. The summed E-state index contributed by atoms with van der Waals surface area (Å²) in [4.78, 5) is 18.0. The van der Waals surface area contributed by atoms with Gasteiger partial charge in [0, 0.05) is 36.8 Å². The van der Waals surface area contributed by atoms with Crippen molar-refractivity contribution in [1.82, 2.24) is 19.7 Å². The maximum Gasteiger partial charge on any atom is 0.415 e. The highest BCUT2D eigenvalue weighted by Crippen LogP contribution is 2.32. The number of nitrogens with zero attached hydrogens (tertiary/aromatic N) is 4. The Hall–Kier alpha value is -2.35. The van der Waals surface area contributed by atoms with Crippen molar-refractivity contribution in [2.75, 3.05) is 11.9 Å². The normalized spacial score (nSPS) is 11.8. The van der Waals surface area contributed by atoms with Gasteiger partial charge in [-0.15, -0.1) is 0 Å². The molecule has 138 valence electrons. The van der Waals surface area contributed by atoms with Crippen molar-refractivity contribution in [1.29, 1.82) is 0 Å². The number of amides is 1. The lowest BCUT2D eigenvalue weighted by Gasteiger charge is -2.23. The number of aromatic amines is 1. The van der Waals surface area contributed by atoms with E-state index in [1.54, 1.807) is 7.05 Å². The van der Waals surface area contributed by atoms with E-state index in [0.717, 1.165) is 33.3 Å². The summed E-state index contributed by atoms with van der Waals surface area (Å²) in [5.41, 5.74) is 2.22. The number of fused-ring (bicyclic) bond motifs is 1. The molecule has 7 nitrogen and oxygen atoms in total. The Morgan fingerprint density at radius 2 is 2.12 bits per heavy atom. The Bertz CT molecular complexity index is 954. The molecule has 1 N–H and O–H groups in total. The van der Waals surface area contributed by atoms with E-state index >= 15 is 0 Å². The van der Waals surface area contributed by atoms with Gasteiger partial charge in [-0.3, -0.25) is 10.00 Å². The molecule has 3 heterocycles. The van der Waals surface area contributed by atoms with Crippen LogP contribution < -0.4 is 4.90 Å². The summed E-state index contributed by atoms with van der Waals surface area (Å²) >= 11 is 3.43. The number of halogens is 1. The lowest BCUT2D eigenvalue weighted by molar-refractivity contribution is 0.0588. The predicted octanol–water partition coefficient (Wildman–Crippen LogP) is 4.58. The molecule has 0 unspecified atom stereocenters. The molecule has 0 aliphatic heterocycles. The van der Waals surface area contributed by atoms with Gasteiger partial charge in [0.2, 0.25) is 0 Å². The van der Waals surface area contributed by atoms with Crippen LogP contribution in [0.3, 0.4) is 0 Å². The van der Waals surface area contributed by atoms with Crippen LogP contribution >= 0.6 is 15.9 Å². The minimum absolute atomic E-state index is 0.435. The maximum absolute atomic E-state index is 12.2. The first-order valence-corrected chi connectivity index (χ1v) is 9.15. The van der Waals surface area contributed by atoms with Crippen LogP contribution in [0.2, 0.25) is 0 Å². The Morgan fingerprint density at radius 1 is 1.38 bits per heavy atom. The van der Waals surface area contributed by atoms with Gasteiger partial charge in [0.1, 0.15) is 16.0 Å². The first-order valence-electron chi connectivity index (χ1n) is 8.36. The van der Waals surface area contributed by atoms with Crippen molar-refractivity contribution in [2.45, 2.75) is 39.8 Å². The smallest absolute Gasteiger partial charge is 0.415 e. The molecule has 0 saturated heterocycles. The molecule has 8 heteroatoms. The fourth-order valence-electron chi connectivity index (χ4n) is 2.68. The summed E-state index contributed by atoms with van der Waals surface area (Å²) < 4.78 is 8.28. The van der Waals surface area contributed by atoms with Crippen LogP contribution in [0.5, 0.6) is 0 Å². The molecule has 0 aromatic carbocycles. The van der Waals surface area contributed by atoms with Crippen molar-refractivity contribution >= 4 is 38.7 Å². The Labute approximate surface area is 160 Å². The van der Waals surface area contributed by atoms with E-state index in [0.29, 0.717) is 5.82 Å². The van der Waals surface area contributed by atoms with Crippen LogP contribution in [-0.2, 0) is 11.3 Å². The van der Waals surface area contributed by atoms with E-state index in [4.69, 9.17) is 4.74 Å². The van der Waals surface area contributed by atoms with Crippen molar-refractivity contribution in [3.05, 3.63) is 29.1 Å². The average molecular weight is 420 g/mol. The van der Waals surface area contributed by atoms with Crippen LogP contribution in [0.4, 0.5) is 10.6 Å². The summed E-state index contributed by atoms with van der Waals surface area (Å²) in [6, 6.07) is 3.82. The molecule has 26 heavy (non-hydrogen) atoms. The zero-order chi connectivity index (χ0) is 19.1. The Morgan fingerprint density at radius 3 is 2.77 bits per heavy atom. The highest BCUT2D eigenvalue weighted by molar-refractivity contribution is 9.10. The van der Waals surface area contributed by atoms with Crippen LogP contribution in [0.1, 0.15) is 27.7 Å². The molecule has 0 aliphatic rings. The molecule has 0 radical (unpaired) electrons. The van der Waals surface area contributed by atoms with Gasteiger partial charge >= 0.3 is 6.09 Å². The molecule has 0 saturated carbocycles. The van der Waals surface area contributed by atoms with E-state index in [1.165, 1.54) is 4.90 Å². The van der Waals surface area contributed by atoms with Gasteiger partial charge < -0.3 is 9.30 Å². The van der Waals surface area contributed by atoms with E-state index < -0.39 is 11.7 Å². The van der Waals surface area contributed by atoms with Crippen LogP contribution in [0.25, 0.3) is 22.2 Å². The standard InChI is InChI=1S/C18H22BrN5O2/c1-6-24-10-12(11-7-15(19)20-9-14(11)24)13-8-16(22-21-13)23(5)17(25)26-18(2,3)4/h7-10H,6H2,1-5H3,(H,21,22). The fourth-order valence-corrected chi connectivity index (χ4v) is 3.01. The van der Waals surface area contributed by atoms with Crippen LogP contribution in [0.15, 0.2) is 29.1 Å². The molecule has 0 bridgehead atoms. The number of aryl methyl sites for hydroxylation is 1. The molecular formula is C18H22BrN5O2. The lowest BCUT2D eigenvalue weighted by atomic mass is 10.1. The summed E-state index contributed by atoms with van der Waals surface area (Å²) in [7, 11) is 1.65. The zero-order valence-electron chi connectivity index (χ0n) is 15.5. The number of ether oxygens (including phenoxy) is 1. The lowest BCUT2D eigenvalue weighted by Crippen LogP contribution is -2.34. The van der Waals surface area contributed by atoms with Gasteiger partial charge in [-0.1, -0.05) is 0 Å². The van der Waals surface area contributed by atoms with E-state index in [-0.39, 0.29) is 0 Å². The monoisotopic (exact) mass is 419 g/mol. The summed E-state index contributed by atoms with van der Waals surface area (Å²) in [6.07, 6.45) is 3.45. The third kappa shape index (κ3) is 3.60. The molecule has 3 aromatic heterocycles. The van der Waals surface area contributed by atoms with Crippen molar-refractivity contribution in [3.63, 3.8) is 0 Å². The van der Waals surface area contributed by atoms with Gasteiger partial charge in [-0.2, -0.15) is 5.10 Å². The Balaban J connectivity index is 1.96. The maximum atomic E-state index is 12.2. The topological polar surface area (TPSA) is 76.0 Å². The molecular weight excluding hydrogens is 398 g/mol. The molecule has 0 atom stereocenters. The van der Waals surface area contributed by atoms with E-state index in [2.05, 4.69) is 42.6 Å². The number of carbonyl (C=O) groups excluding carboxylic acids is 1. The number of carbonyl (C=O) groups is 1. The number of rotatable bonds is 3. The zero-order valence-corrected chi connectivity index (χ0v) is 17.1. The van der Waals surface area contributed by atoms with Gasteiger partial charge in [0.15, 0.2) is 0 Å². The molecule has 0 fully saturated rings. The summed E-state index contributed by atoms with van der Waals surface area (Å²) in [5.74, 6) is 0.569. The Kier molecular flexibility index (Phi) is 4.79.